The van der Waals surface area contributed by atoms with E-state index >= 15 is 0 Å². The first-order valence-electron chi connectivity index (χ1n) is 4.74. The number of alkyl halides is 3. The van der Waals surface area contributed by atoms with Crippen LogP contribution in [0.5, 0.6) is 0 Å². The highest BCUT2D eigenvalue weighted by Crippen LogP contribution is 2.38. The zero-order valence-corrected chi connectivity index (χ0v) is 9.32. The molecule has 0 fully saturated rings. The monoisotopic (exact) mass is 245 g/mol. The average molecular weight is 245 g/mol. The molecule has 0 spiro atoms. The lowest BCUT2D eigenvalue weighted by molar-refractivity contribution is -0.134. The maximum Gasteiger partial charge on any atom is 0.425 e. The molecule has 2 aromatic rings. The summed E-state index contributed by atoms with van der Waals surface area (Å²) in [7, 11) is 0. The number of hydrogen-bond donors (Lipinski definition) is 1. The number of rotatable bonds is 1. The van der Waals surface area contributed by atoms with Gasteiger partial charge in [-0.25, -0.2) is 0 Å². The molecule has 0 saturated carbocycles. The second-order valence-corrected chi connectivity index (χ2v) is 4.78. The Morgan fingerprint density at radius 3 is 2.50 bits per heavy atom. The minimum Gasteiger partial charge on any atom is -0.324 e. The summed E-state index contributed by atoms with van der Waals surface area (Å²) in [5.74, 6) is 0. The fourth-order valence-electron chi connectivity index (χ4n) is 1.47. The molecule has 2 rings (SSSR count). The van der Waals surface area contributed by atoms with E-state index < -0.39 is 11.1 Å². The van der Waals surface area contributed by atoms with E-state index in [0.717, 1.165) is 16.9 Å². The summed E-state index contributed by atoms with van der Waals surface area (Å²) in [5, 5.41) is 0.613. The second kappa shape index (κ2) is 3.75. The van der Waals surface area contributed by atoms with Crippen LogP contribution in [0.15, 0.2) is 24.3 Å². The molecule has 16 heavy (non-hydrogen) atoms. The Balaban J connectivity index is 2.54. The van der Waals surface area contributed by atoms with Gasteiger partial charge in [0.1, 0.15) is 4.88 Å². The van der Waals surface area contributed by atoms with Crippen LogP contribution in [-0.2, 0) is 6.18 Å². The third-order valence-electron chi connectivity index (χ3n) is 2.35. The highest BCUT2D eigenvalue weighted by Gasteiger charge is 2.32. The van der Waals surface area contributed by atoms with E-state index in [0.29, 0.717) is 10.1 Å². The number of thiophene rings is 1. The van der Waals surface area contributed by atoms with Crippen LogP contribution < -0.4 is 5.73 Å². The summed E-state index contributed by atoms with van der Waals surface area (Å²) < 4.78 is 38.0. The second-order valence-electron chi connectivity index (χ2n) is 3.69. The van der Waals surface area contributed by atoms with Crippen molar-refractivity contribution in [3.63, 3.8) is 0 Å². The Kier molecular flexibility index (Phi) is 2.67. The Labute approximate surface area is 94.7 Å². The summed E-state index contributed by atoms with van der Waals surface area (Å²) in [5.41, 5.74) is 6.53. The van der Waals surface area contributed by atoms with E-state index in [1.165, 1.54) is 6.07 Å². The van der Waals surface area contributed by atoms with Gasteiger partial charge in [0.25, 0.3) is 0 Å². The first-order valence-corrected chi connectivity index (χ1v) is 5.56. The number of fused-ring (bicyclic) bond motifs is 1. The number of hydrogen-bond acceptors (Lipinski definition) is 2. The molecule has 0 radical (unpaired) electrons. The van der Waals surface area contributed by atoms with Crippen LogP contribution in [0.3, 0.4) is 0 Å². The van der Waals surface area contributed by atoms with Crippen molar-refractivity contribution in [2.45, 2.75) is 19.1 Å². The molecule has 1 heterocycles. The molecule has 1 unspecified atom stereocenters. The van der Waals surface area contributed by atoms with Gasteiger partial charge in [-0.2, -0.15) is 13.2 Å². The van der Waals surface area contributed by atoms with Crippen LogP contribution in [0.1, 0.15) is 23.4 Å². The van der Waals surface area contributed by atoms with E-state index in [9.17, 15) is 13.2 Å². The highest BCUT2D eigenvalue weighted by atomic mass is 32.1. The van der Waals surface area contributed by atoms with Gasteiger partial charge in [0.2, 0.25) is 0 Å². The molecule has 0 bridgehead atoms. The van der Waals surface area contributed by atoms with E-state index in [4.69, 9.17) is 5.73 Å². The molecule has 0 amide bonds. The maximum absolute atomic E-state index is 12.5. The Morgan fingerprint density at radius 2 is 1.94 bits per heavy atom. The van der Waals surface area contributed by atoms with Gasteiger partial charge in [-0.05, 0) is 30.0 Å². The first kappa shape index (κ1) is 11.4. The quantitative estimate of drug-likeness (QED) is 0.809. The Hall–Kier alpha value is -1.07. The fraction of sp³-hybridized carbons (Fsp3) is 0.273. The van der Waals surface area contributed by atoms with Gasteiger partial charge in [0.05, 0.1) is 0 Å². The molecule has 0 aliphatic heterocycles. The lowest BCUT2D eigenvalue weighted by atomic mass is 10.1. The molecule has 86 valence electrons. The zero-order valence-electron chi connectivity index (χ0n) is 8.51. The van der Waals surface area contributed by atoms with Crippen molar-refractivity contribution in [1.82, 2.24) is 0 Å². The number of benzene rings is 1. The fourth-order valence-corrected chi connectivity index (χ4v) is 2.45. The van der Waals surface area contributed by atoms with Crippen LogP contribution >= 0.6 is 11.3 Å². The predicted molar refractivity (Wildman–Crippen MR) is 59.4 cm³/mol. The van der Waals surface area contributed by atoms with Crippen LogP contribution in [0.2, 0.25) is 0 Å². The molecule has 1 aromatic heterocycles. The third-order valence-corrected chi connectivity index (χ3v) is 3.49. The zero-order chi connectivity index (χ0) is 11.9. The van der Waals surface area contributed by atoms with E-state index in [1.807, 2.05) is 0 Å². The Morgan fingerprint density at radius 1 is 1.25 bits per heavy atom. The molecule has 0 saturated heterocycles. The van der Waals surface area contributed by atoms with Crippen LogP contribution in [-0.4, -0.2) is 0 Å². The molecular weight excluding hydrogens is 235 g/mol. The van der Waals surface area contributed by atoms with Crippen molar-refractivity contribution < 1.29 is 13.2 Å². The Bertz CT molecular complexity index is 513. The SMILES string of the molecule is CC(N)c1ccc2cc(C(F)(F)F)sc2c1. The topological polar surface area (TPSA) is 26.0 Å². The minimum absolute atomic E-state index is 0.166. The van der Waals surface area contributed by atoms with Crippen molar-refractivity contribution in [2.24, 2.45) is 5.73 Å². The summed E-state index contributed by atoms with van der Waals surface area (Å²) in [6, 6.07) is 6.17. The van der Waals surface area contributed by atoms with Crippen molar-refractivity contribution >= 4 is 21.4 Å². The maximum atomic E-state index is 12.5. The minimum atomic E-state index is -4.27. The molecule has 0 aliphatic rings. The van der Waals surface area contributed by atoms with E-state index in [2.05, 4.69) is 0 Å². The summed E-state index contributed by atoms with van der Waals surface area (Å²) in [4.78, 5) is -0.565. The van der Waals surface area contributed by atoms with E-state index in [-0.39, 0.29) is 6.04 Å². The molecule has 5 heteroatoms. The van der Waals surface area contributed by atoms with Gasteiger partial charge >= 0.3 is 6.18 Å². The predicted octanol–water partition coefficient (Wildman–Crippen LogP) is 3.94. The smallest absolute Gasteiger partial charge is 0.324 e. The molecule has 1 aromatic carbocycles. The van der Waals surface area contributed by atoms with Crippen LogP contribution in [0.4, 0.5) is 13.2 Å². The number of halogens is 3. The average Bonchev–Trinajstić information content (AvgIpc) is 2.58. The van der Waals surface area contributed by atoms with Gasteiger partial charge in [-0.1, -0.05) is 12.1 Å². The molecule has 1 atom stereocenters. The van der Waals surface area contributed by atoms with E-state index in [1.54, 1.807) is 25.1 Å². The standard InChI is InChI=1S/C11H10F3NS/c1-6(15)7-2-3-8-5-10(11(12,13)14)16-9(8)4-7/h2-6H,15H2,1H3. The van der Waals surface area contributed by atoms with Crippen LogP contribution in [0, 0.1) is 0 Å². The van der Waals surface area contributed by atoms with Gasteiger partial charge < -0.3 is 5.73 Å². The van der Waals surface area contributed by atoms with Crippen molar-refractivity contribution in [3.8, 4) is 0 Å². The molecule has 1 nitrogen and oxygen atoms in total. The summed E-state index contributed by atoms with van der Waals surface area (Å²) in [6.45, 7) is 1.81. The van der Waals surface area contributed by atoms with Gasteiger partial charge in [0.15, 0.2) is 0 Å². The summed E-state index contributed by atoms with van der Waals surface area (Å²) in [6.07, 6.45) is -4.27. The molecule has 2 N–H and O–H groups in total. The normalized spacial score (nSPS) is 14.3. The lowest BCUT2D eigenvalue weighted by Gasteiger charge is -2.04. The van der Waals surface area contributed by atoms with Crippen molar-refractivity contribution in [3.05, 3.63) is 34.7 Å². The summed E-state index contributed by atoms with van der Waals surface area (Å²) >= 11 is 0.755. The highest BCUT2D eigenvalue weighted by molar-refractivity contribution is 7.19. The van der Waals surface area contributed by atoms with Crippen LogP contribution in [0.25, 0.3) is 10.1 Å². The number of nitrogens with two attached hydrogens (primary N) is 1. The third kappa shape index (κ3) is 2.05. The lowest BCUT2D eigenvalue weighted by Crippen LogP contribution is -2.03. The molecular formula is C11H10F3NS. The largest absolute Gasteiger partial charge is 0.425 e. The van der Waals surface area contributed by atoms with Gasteiger partial charge in [-0.15, -0.1) is 11.3 Å². The van der Waals surface area contributed by atoms with Crippen molar-refractivity contribution in [1.29, 1.82) is 0 Å². The molecule has 0 aliphatic carbocycles. The van der Waals surface area contributed by atoms with Gasteiger partial charge in [0, 0.05) is 10.7 Å². The van der Waals surface area contributed by atoms with Gasteiger partial charge in [-0.3, -0.25) is 0 Å². The first-order chi connectivity index (χ1) is 7.38. The van der Waals surface area contributed by atoms with Crippen molar-refractivity contribution in [2.75, 3.05) is 0 Å².